The quantitative estimate of drug-likeness (QED) is 0.631. The van der Waals surface area contributed by atoms with Gasteiger partial charge in [0.25, 0.3) is 5.92 Å². The number of benzene rings is 1. The molecule has 1 aromatic rings. The first kappa shape index (κ1) is 16.8. The Bertz CT molecular complexity index is 519. The number of hydrogen-bond acceptors (Lipinski definition) is 5. The third-order valence-corrected chi connectivity index (χ3v) is 3.56. The van der Waals surface area contributed by atoms with Gasteiger partial charge in [-0.25, -0.2) is 8.78 Å². The number of halogens is 2. The van der Waals surface area contributed by atoms with E-state index >= 15 is 0 Å². The van der Waals surface area contributed by atoms with Crippen molar-refractivity contribution in [2.75, 3.05) is 32.8 Å². The minimum absolute atomic E-state index is 0.221. The zero-order chi connectivity index (χ0) is 16.2. The highest BCUT2D eigenvalue weighted by molar-refractivity contribution is 5.69. The summed E-state index contributed by atoms with van der Waals surface area (Å²) in [6.07, 6.45) is 0. The van der Waals surface area contributed by atoms with E-state index in [4.69, 9.17) is 9.84 Å². The van der Waals surface area contributed by atoms with Crippen molar-refractivity contribution in [3.05, 3.63) is 29.8 Å². The molecule has 1 aromatic carbocycles. The molecule has 7 heteroatoms. The van der Waals surface area contributed by atoms with Crippen LogP contribution in [-0.4, -0.2) is 54.7 Å². The van der Waals surface area contributed by atoms with Gasteiger partial charge >= 0.3 is 5.97 Å². The number of carbonyl (C=O) groups is 1. The van der Waals surface area contributed by atoms with E-state index in [1.54, 1.807) is 17.0 Å². The Kier molecular flexibility index (Phi) is 5.44. The van der Waals surface area contributed by atoms with Crippen LogP contribution in [0.15, 0.2) is 24.3 Å². The third kappa shape index (κ3) is 4.00. The van der Waals surface area contributed by atoms with Crippen molar-refractivity contribution in [1.82, 2.24) is 10.2 Å². The van der Waals surface area contributed by atoms with Crippen LogP contribution >= 0.6 is 0 Å². The van der Waals surface area contributed by atoms with Gasteiger partial charge in [-0.2, -0.15) is 0 Å². The average Bonchev–Trinajstić information content (AvgIpc) is 2.48. The minimum atomic E-state index is -3.29. The normalized spacial score (nSPS) is 18.0. The average molecular weight is 314 g/mol. The minimum Gasteiger partial charge on any atom is -0.427 e. The van der Waals surface area contributed by atoms with Crippen LogP contribution in [0, 0.1) is 0 Å². The van der Waals surface area contributed by atoms with Crippen LogP contribution in [0.1, 0.15) is 18.5 Å². The van der Waals surface area contributed by atoms with E-state index in [-0.39, 0.29) is 5.75 Å². The number of piperazine rings is 1. The lowest BCUT2D eigenvalue weighted by Crippen LogP contribution is -2.51. The van der Waals surface area contributed by atoms with E-state index in [0.29, 0.717) is 31.7 Å². The van der Waals surface area contributed by atoms with E-state index < -0.39 is 24.5 Å². The van der Waals surface area contributed by atoms with Gasteiger partial charge in [-0.1, -0.05) is 12.1 Å². The first-order valence-corrected chi connectivity index (χ1v) is 7.16. The van der Waals surface area contributed by atoms with Crippen LogP contribution in [0.5, 0.6) is 5.75 Å². The standard InChI is InChI=1S/C15H20F2N2O3/c1-11(21)22-13-4-2-3-12(9-13)14(15(16,17)10-20)19-7-5-18-6-8-19/h2-4,9,14,18,20H,5-8,10H2,1H3/t14-/m1/s1. The lowest BCUT2D eigenvalue weighted by atomic mass is 9.98. The van der Waals surface area contributed by atoms with E-state index in [1.807, 2.05) is 0 Å². The summed E-state index contributed by atoms with van der Waals surface area (Å²) >= 11 is 0. The summed E-state index contributed by atoms with van der Waals surface area (Å²) < 4.78 is 33.5. The Hall–Kier alpha value is -1.57. The molecule has 5 nitrogen and oxygen atoms in total. The summed E-state index contributed by atoms with van der Waals surface area (Å²) in [7, 11) is 0. The second-order valence-electron chi connectivity index (χ2n) is 5.27. The maximum absolute atomic E-state index is 14.3. The number of carbonyl (C=O) groups excluding carboxylic acids is 1. The molecule has 0 bridgehead atoms. The smallest absolute Gasteiger partial charge is 0.308 e. The predicted octanol–water partition coefficient (Wildman–Crippen LogP) is 1.19. The molecule has 0 radical (unpaired) electrons. The Balaban J connectivity index is 2.33. The zero-order valence-corrected chi connectivity index (χ0v) is 12.4. The van der Waals surface area contributed by atoms with E-state index in [1.165, 1.54) is 19.1 Å². The summed E-state index contributed by atoms with van der Waals surface area (Å²) in [5.74, 6) is -3.57. The molecule has 0 amide bonds. The maximum atomic E-state index is 14.3. The molecular formula is C15H20F2N2O3. The van der Waals surface area contributed by atoms with Gasteiger partial charge in [0, 0.05) is 33.1 Å². The van der Waals surface area contributed by atoms with Crippen molar-refractivity contribution in [1.29, 1.82) is 0 Å². The molecule has 1 saturated heterocycles. The Morgan fingerprint density at radius 1 is 1.45 bits per heavy atom. The number of aliphatic hydroxyl groups is 1. The Labute approximate surface area is 127 Å². The van der Waals surface area contributed by atoms with Crippen molar-refractivity contribution in [3.8, 4) is 5.75 Å². The second-order valence-corrected chi connectivity index (χ2v) is 5.27. The van der Waals surface area contributed by atoms with Crippen molar-refractivity contribution < 1.29 is 23.4 Å². The summed E-state index contributed by atoms with van der Waals surface area (Å²) in [5.41, 5.74) is 0.319. The molecule has 22 heavy (non-hydrogen) atoms. The first-order chi connectivity index (χ1) is 10.4. The Morgan fingerprint density at radius 2 is 2.14 bits per heavy atom. The summed E-state index contributed by atoms with van der Waals surface area (Å²) in [4.78, 5) is 12.7. The van der Waals surface area contributed by atoms with Crippen molar-refractivity contribution in [2.45, 2.75) is 18.9 Å². The fourth-order valence-corrected chi connectivity index (χ4v) is 2.66. The lowest BCUT2D eigenvalue weighted by Gasteiger charge is -2.38. The van der Waals surface area contributed by atoms with Gasteiger partial charge in [-0.05, 0) is 17.7 Å². The van der Waals surface area contributed by atoms with Gasteiger partial charge in [-0.15, -0.1) is 0 Å². The van der Waals surface area contributed by atoms with Gasteiger partial charge in [0.1, 0.15) is 18.4 Å². The van der Waals surface area contributed by atoms with Gasteiger partial charge < -0.3 is 15.2 Å². The van der Waals surface area contributed by atoms with Crippen LogP contribution in [0.2, 0.25) is 0 Å². The van der Waals surface area contributed by atoms with Crippen molar-refractivity contribution in [2.24, 2.45) is 0 Å². The number of ether oxygens (including phenoxy) is 1. The van der Waals surface area contributed by atoms with Gasteiger partial charge in [0.15, 0.2) is 0 Å². The van der Waals surface area contributed by atoms with Crippen LogP contribution < -0.4 is 10.1 Å². The molecule has 1 atom stereocenters. The molecule has 1 fully saturated rings. The molecule has 1 aliphatic heterocycles. The fraction of sp³-hybridized carbons (Fsp3) is 0.533. The molecular weight excluding hydrogens is 294 g/mol. The van der Waals surface area contributed by atoms with Gasteiger partial charge in [0.05, 0.1) is 0 Å². The summed E-state index contributed by atoms with van der Waals surface area (Å²) in [6.45, 7) is 2.15. The molecule has 0 aromatic heterocycles. The van der Waals surface area contributed by atoms with Crippen LogP contribution in [-0.2, 0) is 4.79 Å². The van der Waals surface area contributed by atoms with Crippen LogP contribution in [0.4, 0.5) is 8.78 Å². The third-order valence-electron chi connectivity index (χ3n) is 3.56. The topological polar surface area (TPSA) is 61.8 Å². The number of aliphatic hydroxyl groups excluding tert-OH is 1. The van der Waals surface area contributed by atoms with Crippen LogP contribution in [0.25, 0.3) is 0 Å². The van der Waals surface area contributed by atoms with Crippen LogP contribution in [0.3, 0.4) is 0 Å². The number of rotatable bonds is 5. The highest BCUT2D eigenvalue weighted by atomic mass is 19.3. The highest BCUT2D eigenvalue weighted by Gasteiger charge is 2.44. The summed E-state index contributed by atoms with van der Waals surface area (Å²) in [5, 5.41) is 12.2. The Morgan fingerprint density at radius 3 is 2.73 bits per heavy atom. The molecule has 2 rings (SSSR count). The molecule has 0 saturated carbocycles. The number of hydrogen-bond donors (Lipinski definition) is 2. The van der Waals surface area contributed by atoms with E-state index in [0.717, 1.165) is 0 Å². The largest absolute Gasteiger partial charge is 0.427 e. The molecule has 1 aliphatic rings. The van der Waals surface area contributed by atoms with Gasteiger partial charge in [-0.3, -0.25) is 9.69 Å². The number of nitrogens with zero attached hydrogens (tertiary/aromatic N) is 1. The maximum Gasteiger partial charge on any atom is 0.308 e. The first-order valence-electron chi connectivity index (χ1n) is 7.16. The van der Waals surface area contributed by atoms with E-state index in [2.05, 4.69) is 5.32 Å². The predicted molar refractivity (Wildman–Crippen MR) is 77.0 cm³/mol. The number of alkyl halides is 2. The summed E-state index contributed by atoms with van der Waals surface area (Å²) in [6, 6.07) is 4.84. The SMILES string of the molecule is CC(=O)Oc1cccc([C@@H](N2CCNCC2)C(F)(F)CO)c1. The molecule has 0 unspecified atom stereocenters. The zero-order valence-electron chi connectivity index (χ0n) is 12.4. The molecule has 2 N–H and O–H groups in total. The lowest BCUT2D eigenvalue weighted by molar-refractivity contribution is -0.131. The molecule has 1 heterocycles. The fourth-order valence-electron chi connectivity index (χ4n) is 2.66. The number of esters is 1. The van der Waals surface area contributed by atoms with Gasteiger partial charge in [0.2, 0.25) is 0 Å². The highest BCUT2D eigenvalue weighted by Crippen LogP contribution is 2.37. The van der Waals surface area contributed by atoms with E-state index in [9.17, 15) is 13.6 Å². The van der Waals surface area contributed by atoms with Crippen molar-refractivity contribution >= 4 is 5.97 Å². The molecule has 0 aliphatic carbocycles. The molecule has 122 valence electrons. The monoisotopic (exact) mass is 314 g/mol. The van der Waals surface area contributed by atoms with Crippen molar-refractivity contribution in [3.63, 3.8) is 0 Å². The number of nitrogens with one attached hydrogen (secondary N) is 1. The molecule has 0 spiro atoms. The second kappa shape index (κ2) is 7.13.